The van der Waals surface area contributed by atoms with E-state index in [-0.39, 0.29) is 0 Å². The number of hydrogen-bond acceptors (Lipinski definition) is 2. The van der Waals surface area contributed by atoms with Gasteiger partial charge in [0.2, 0.25) is 0 Å². The molecule has 0 saturated heterocycles. The molecule has 0 radical (unpaired) electrons. The Balaban J connectivity index is 2.09. The van der Waals surface area contributed by atoms with Gasteiger partial charge in [-0.15, -0.1) is 0 Å². The summed E-state index contributed by atoms with van der Waals surface area (Å²) in [5.74, 6) is 0. The first-order chi connectivity index (χ1) is 9.54. The van der Waals surface area contributed by atoms with Gasteiger partial charge in [-0.05, 0) is 49.2 Å². The Kier molecular flexibility index (Phi) is 5.27. The van der Waals surface area contributed by atoms with Crippen LogP contribution in [0.1, 0.15) is 30.5 Å². The van der Waals surface area contributed by atoms with E-state index in [4.69, 9.17) is 0 Å². The van der Waals surface area contributed by atoms with E-state index in [0.29, 0.717) is 6.04 Å². The number of nitrogens with one attached hydrogen (secondary N) is 1. The lowest BCUT2D eigenvalue weighted by atomic mass is 10.1. The molecule has 0 spiro atoms. The number of aryl methyl sites for hydroxylation is 2. The predicted molar refractivity (Wildman–Crippen MR) is 88.5 cm³/mol. The Morgan fingerprint density at radius 3 is 2.40 bits per heavy atom. The highest BCUT2D eigenvalue weighted by Crippen LogP contribution is 2.29. The van der Waals surface area contributed by atoms with Crippen LogP contribution < -0.4 is 5.32 Å². The molecule has 0 heterocycles. The summed E-state index contributed by atoms with van der Waals surface area (Å²) in [5, 5.41) is 3.47. The molecule has 20 heavy (non-hydrogen) atoms. The van der Waals surface area contributed by atoms with E-state index in [0.717, 1.165) is 6.54 Å². The van der Waals surface area contributed by atoms with E-state index in [1.807, 2.05) is 11.8 Å². The van der Waals surface area contributed by atoms with Crippen molar-refractivity contribution in [2.24, 2.45) is 0 Å². The molecular weight excluding hydrogens is 262 g/mol. The van der Waals surface area contributed by atoms with Crippen molar-refractivity contribution in [2.75, 3.05) is 0 Å². The summed E-state index contributed by atoms with van der Waals surface area (Å²) in [6.07, 6.45) is 0. The lowest BCUT2D eigenvalue weighted by Crippen LogP contribution is -2.22. The zero-order valence-electron chi connectivity index (χ0n) is 12.7. The summed E-state index contributed by atoms with van der Waals surface area (Å²) < 4.78 is 0. The van der Waals surface area contributed by atoms with E-state index in [9.17, 15) is 0 Å². The molecule has 0 aliphatic rings. The Bertz CT molecular complexity index is 575. The predicted octanol–water partition coefficient (Wildman–Crippen LogP) is 4.95. The van der Waals surface area contributed by atoms with Gasteiger partial charge in [-0.1, -0.05) is 49.4 Å². The third-order valence-electron chi connectivity index (χ3n) is 3.24. The minimum absolute atomic E-state index is 0.524. The molecule has 2 aromatic rings. The zero-order valence-corrected chi connectivity index (χ0v) is 13.6. The summed E-state index contributed by atoms with van der Waals surface area (Å²) in [5.41, 5.74) is 4.05. The minimum Gasteiger partial charge on any atom is -0.310 e. The van der Waals surface area contributed by atoms with Crippen molar-refractivity contribution in [3.8, 4) is 0 Å². The van der Waals surface area contributed by atoms with Crippen molar-refractivity contribution < 1.29 is 0 Å². The van der Waals surface area contributed by atoms with Crippen molar-refractivity contribution in [2.45, 2.75) is 50.1 Å². The highest BCUT2D eigenvalue weighted by atomic mass is 32.2. The van der Waals surface area contributed by atoms with Gasteiger partial charge in [0.1, 0.15) is 0 Å². The molecule has 0 unspecified atom stereocenters. The van der Waals surface area contributed by atoms with E-state index >= 15 is 0 Å². The SMILES string of the molecule is Cc1cccc(Sc2ccc(CNC(C)C)c(C)c2)c1. The topological polar surface area (TPSA) is 12.0 Å². The summed E-state index contributed by atoms with van der Waals surface area (Å²) in [6.45, 7) is 9.63. The van der Waals surface area contributed by atoms with Crippen LogP contribution in [0.5, 0.6) is 0 Å². The smallest absolute Gasteiger partial charge is 0.0210 e. The monoisotopic (exact) mass is 285 g/mol. The molecule has 0 amide bonds. The average Bonchev–Trinajstić information content (AvgIpc) is 2.37. The maximum absolute atomic E-state index is 3.47. The molecule has 0 aliphatic heterocycles. The first-order valence-electron chi connectivity index (χ1n) is 7.12. The lowest BCUT2D eigenvalue weighted by molar-refractivity contribution is 0.587. The van der Waals surface area contributed by atoms with Crippen LogP contribution in [0.3, 0.4) is 0 Å². The van der Waals surface area contributed by atoms with E-state index in [1.54, 1.807) is 0 Å². The van der Waals surface area contributed by atoms with Crippen LogP contribution in [0.25, 0.3) is 0 Å². The number of rotatable bonds is 5. The van der Waals surface area contributed by atoms with Crippen LogP contribution >= 0.6 is 11.8 Å². The Labute approximate surface area is 126 Å². The maximum Gasteiger partial charge on any atom is 0.0210 e. The molecule has 1 N–H and O–H groups in total. The number of benzene rings is 2. The molecule has 0 atom stereocenters. The van der Waals surface area contributed by atoms with Gasteiger partial charge in [0, 0.05) is 22.4 Å². The number of hydrogen-bond donors (Lipinski definition) is 1. The van der Waals surface area contributed by atoms with Gasteiger partial charge in [0.05, 0.1) is 0 Å². The maximum atomic E-state index is 3.47. The Morgan fingerprint density at radius 1 is 1.00 bits per heavy atom. The van der Waals surface area contributed by atoms with Gasteiger partial charge in [0.25, 0.3) is 0 Å². The Hall–Kier alpha value is -1.25. The van der Waals surface area contributed by atoms with Crippen LogP contribution in [0.15, 0.2) is 52.3 Å². The fraction of sp³-hybridized carbons (Fsp3) is 0.333. The average molecular weight is 285 g/mol. The molecule has 106 valence electrons. The second-order valence-corrected chi connectivity index (χ2v) is 6.69. The van der Waals surface area contributed by atoms with Crippen molar-refractivity contribution in [1.29, 1.82) is 0 Å². The van der Waals surface area contributed by atoms with Gasteiger partial charge < -0.3 is 5.32 Å². The molecule has 1 nitrogen and oxygen atoms in total. The van der Waals surface area contributed by atoms with Gasteiger partial charge in [-0.3, -0.25) is 0 Å². The molecule has 0 fully saturated rings. The molecule has 2 heteroatoms. The molecule has 2 aromatic carbocycles. The second kappa shape index (κ2) is 6.96. The van der Waals surface area contributed by atoms with E-state index in [2.05, 4.69) is 75.5 Å². The summed E-state index contributed by atoms with van der Waals surface area (Å²) in [4.78, 5) is 2.61. The van der Waals surface area contributed by atoms with Crippen LogP contribution in [0.4, 0.5) is 0 Å². The van der Waals surface area contributed by atoms with Crippen LogP contribution in [-0.2, 0) is 6.54 Å². The molecule has 0 aromatic heterocycles. The van der Waals surface area contributed by atoms with Gasteiger partial charge in [-0.25, -0.2) is 0 Å². The van der Waals surface area contributed by atoms with Crippen molar-refractivity contribution in [3.05, 3.63) is 59.2 Å². The third kappa shape index (κ3) is 4.39. The largest absolute Gasteiger partial charge is 0.310 e. The summed E-state index contributed by atoms with van der Waals surface area (Å²) in [6, 6.07) is 15.9. The van der Waals surface area contributed by atoms with Crippen molar-refractivity contribution in [3.63, 3.8) is 0 Å². The molecular formula is C18H23NS. The zero-order chi connectivity index (χ0) is 14.5. The highest BCUT2D eigenvalue weighted by molar-refractivity contribution is 7.99. The fourth-order valence-corrected chi connectivity index (χ4v) is 3.09. The second-order valence-electron chi connectivity index (χ2n) is 5.54. The Morgan fingerprint density at radius 2 is 1.75 bits per heavy atom. The van der Waals surface area contributed by atoms with Crippen LogP contribution in [-0.4, -0.2) is 6.04 Å². The molecule has 0 aliphatic carbocycles. The van der Waals surface area contributed by atoms with Crippen molar-refractivity contribution >= 4 is 11.8 Å². The molecule has 0 bridgehead atoms. The summed E-state index contributed by atoms with van der Waals surface area (Å²) in [7, 11) is 0. The van der Waals surface area contributed by atoms with Gasteiger partial charge >= 0.3 is 0 Å². The lowest BCUT2D eigenvalue weighted by Gasteiger charge is -2.12. The van der Waals surface area contributed by atoms with Crippen LogP contribution in [0, 0.1) is 13.8 Å². The van der Waals surface area contributed by atoms with Gasteiger partial charge in [0.15, 0.2) is 0 Å². The summed E-state index contributed by atoms with van der Waals surface area (Å²) >= 11 is 1.83. The first kappa shape index (κ1) is 15.1. The standard InChI is InChI=1S/C18H23NS/c1-13(2)19-12-16-8-9-18(11-15(16)4)20-17-7-5-6-14(3)10-17/h5-11,13,19H,12H2,1-4H3. The van der Waals surface area contributed by atoms with Crippen molar-refractivity contribution in [1.82, 2.24) is 5.32 Å². The fourth-order valence-electron chi connectivity index (χ4n) is 2.06. The van der Waals surface area contributed by atoms with Crippen LogP contribution in [0.2, 0.25) is 0 Å². The quantitative estimate of drug-likeness (QED) is 0.834. The van der Waals surface area contributed by atoms with Gasteiger partial charge in [-0.2, -0.15) is 0 Å². The molecule has 0 saturated carbocycles. The molecule has 2 rings (SSSR count). The normalized spacial score (nSPS) is 11.1. The van der Waals surface area contributed by atoms with E-state index in [1.165, 1.54) is 26.5 Å². The van der Waals surface area contributed by atoms with E-state index < -0.39 is 0 Å². The minimum atomic E-state index is 0.524. The highest BCUT2D eigenvalue weighted by Gasteiger charge is 2.03. The first-order valence-corrected chi connectivity index (χ1v) is 7.93. The third-order valence-corrected chi connectivity index (χ3v) is 4.22.